The number of amides is 1. The van der Waals surface area contributed by atoms with E-state index in [0.29, 0.717) is 24.3 Å². The first-order valence-corrected chi connectivity index (χ1v) is 9.70. The second kappa shape index (κ2) is 7.40. The maximum absolute atomic E-state index is 13.0. The Balaban J connectivity index is 1.85. The monoisotopic (exact) mass is 380 g/mol. The van der Waals surface area contributed by atoms with Crippen molar-refractivity contribution in [3.05, 3.63) is 35.0 Å². The van der Waals surface area contributed by atoms with Gasteiger partial charge in [-0.1, -0.05) is 0 Å². The van der Waals surface area contributed by atoms with Gasteiger partial charge in [-0.3, -0.25) is 14.5 Å². The topological polar surface area (TPSA) is 69.3 Å². The van der Waals surface area contributed by atoms with Gasteiger partial charge in [-0.25, -0.2) is 0 Å². The average Bonchev–Trinajstić information content (AvgIpc) is 2.99. The summed E-state index contributed by atoms with van der Waals surface area (Å²) in [5.41, 5.74) is 2.77. The summed E-state index contributed by atoms with van der Waals surface area (Å²) in [6.45, 7) is 13.0. The van der Waals surface area contributed by atoms with Crippen LogP contribution >= 0.6 is 0 Å². The highest BCUT2D eigenvalue weighted by Gasteiger charge is 2.33. The molecular weight excluding hydrogens is 352 g/mol. The molecule has 1 aliphatic heterocycles. The fraction of sp³-hybridized carbons (Fsp3) is 0.500. The Morgan fingerprint density at radius 2 is 2.04 bits per heavy atom. The zero-order chi connectivity index (χ0) is 20.6. The Kier molecular flexibility index (Phi) is 5.31. The first kappa shape index (κ1) is 20.1. The Bertz CT molecular complexity index is 962. The molecule has 1 unspecified atom stereocenters. The van der Waals surface area contributed by atoms with Crippen LogP contribution in [-0.2, 0) is 11.3 Å². The number of hydrogen-bond acceptors (Lipinski definition) is 4. The molecule has 2 heterocycles. The van der Waals surface area contributed by atoms with Crippen molar-refractivity contribution < 1.29 is 9.59 Å². The molecule has 1 saturated heterocycles. The SMILES string of the molecule is Cc1c(C=O)ccc2c1cc(C#N)n2CC(=O)N1CCN(C(C)(C)C)C(C)C1. The fourth-order valence-corrected chi connectivity index (χ4v) is 4.30. The zero-order valence-corrected chi connectivity index (χ0v) is 17.3. The van der Waals surface area contributed by atoms with E-state index in [1.807, 2.05) is 17.9 Å². The Labute approximate surface area is 166 Å². The van der Waals surface area contributed by atoms with E-state index >= 15 is 0 Å². The van der Waals surface area contributed by atoms with Crippen LogP contribution in [0.3, 0.4) is 0 Å². The highest BCUT2D eigenvalue weighted by Crippen LogP contribution is 2.26. The van der Waals surface area contributed by atoms with Crippen LogP contribution in [-0.4, -0.2) is 57.8 Å². The highest BCUT2D eigenvalue weighted by atomic mass is 16.2. The lowest BCUT2D eigenvalue weighted by Gasteiger charge is -2.46. The molecule has 1 fully saturated rings. The summed E-state index contributed by atoms with van der Waals surface area (Å²) in [5, 5.41) is 10.4. The standard InChI is InChI=1S/C22H28N4O2/c1-15-12-24(8-9-26(15)22(3,4)5)21(28)13-25-18(11-23)10-19-16(2)17(14-27)6-7-20(19)25/h6-7,10,14-15H,8-9,12-13H2,1-5H3. The number of nitrogens with zero attached hydrogens (tertiary/aromatic N) is 4. The Hall–Kier alpha value is -2.65. The van der Waals surface area contributed by atoms with Crippen molar-refractivity contribution in [2.24, 2.45) is 0 Å². The minimum Gasteiger partial charge on any atom is -0.338 e. The van der Waals surface area contributed by atoms with Crippen LogP contribution in [0.5, 0.6) is 0 Å². The third-order valence-electron chi connectivity index (χ3n) is 5.77. The molecule has 1 aromatic heterocycles. The van der Waals surface area contributed by atoms with E-state index in [0.717, 1.165) is 29.3 Å². The van der Waals surface area contributed by atoms with Crippen LogP contribution in [0.1, 0.15) is 49.3 Å². The number of aldehydes is 1. The van der Waals surface area contributed by atoms with E-state index in [2.05, 4.69) is 38.7 Å². The molecule has 1 atom stereocenters. The van der Waals surface area contributed by atoms with Gasteiger partial charge in [0, 0.05) is 47.7 Å². The normalized spacial score (nSPS) is 18.3. The first-order valence-electron chi connectivity index (χ1n) is 9.70. The lowest BCUT2D eigenvalue weighted by atomic mass is 10.0. The van der Waals surface area contributed by atoms with Crippen molar-refractivity contribution in [2.45, 2.75) is 52.7 Å². The third-order valence-corrected chi connectivity index (χ3v) is 5.77. The van der Waals surface area contributed by atoms with Crippen molar-refractivity contribution in [3.8, 4) is 6.07 Å². The van der Waals surface area contributed by atoms with E-state index in [9.17, 15) is 14.9 Å². The number of carbonyl (C=O) groups excluding carboxylic acids is 2. The average molecular weight is 380 g/mol. The van der Waals surface area contributed by atoms with E-state index < -0.39 is 0 Å². The number of rotatable bonds is 3. The highest BCUT2D eigenvalue weighted by molar-refractivity contribution is 5.93. The number of aromatic nitrogens is 1. The van der Waals surface area contributed by atoms with Crippen molar-refractivity contribution in [2.75, 3.05) is 19.6 Å². The zero-order valence-electron chi connectivity index (χ0n) is 17.3. The Morgan fingerprint density at radius 3 is 2.61 bits per heavy atom. The molecule has 28 heavy (non-hydrogen) atoms. The van der Waals surface area contributed by atoms with Gasteiger partial charge in [-0.05, 0) is 58.4 Å². The second-order valence-electron chi connectivity index (χ2n) is 8.61. The van der Waals surface area contributed by atoms with Crippen LogP contribution in [0.4, 0.5) is 0 Å². The molecular formula is C22H28N4O2. The number of aryl methyl sites for hydroxylation is 1. The maximum Gasteiger partial charge on any atom is 0.242 e. The van der Waals surface area contributed by atoms with Crippen molar-refractivity contribution >= 4 is 23.1 Å². The fourth-order valence-electron chi connectivity index (χ4n) is 4.30. The van der Waals surface area contributed by atoms with E-state index in [4.69, 9.17) is 0 Å². The first-order chi connectivity index (χ1) is 13.2. The molecule has 1 amide bonds. The van der Waals surface area contributed by atoms with Crippen LogP contribution < -0.4 is 0 Å². The van der Waals surface area contributed by atoms with Gasteiger partial charge in [-0.15, -0.1) is 0 Å². The van der Waals surface area contributed by atoms with Gasteiger partial charge in [0.1, 0.15) is 24.6 Å². The quantitative estimate of drug-likeness (QED) is 0.768. The molecule has 2 aromatic rings. The van der Waals surface area contributed by atoms with Crippen LogP contribution in [0.15, 0.2) is 18.2 Å². The third kappa shape index (κ3) is 3.55. The molecule has 0 saturated carbocycles. The number of hydrogen-bond donors (Lipinski definition) is 0. The molecule has 6 heteroatoms. The second-order valence-corrected chi connectivity index (χ2v) is 8.61. The molecule has 0 N–H and O–H groups in total. The lowest BCUT2D eigenvalue weighted by Crippen LogP contribution is -2.59. The van der Waals surface area contributed by atoms with Crippen LogP contribution in [0.2, 0.25) is 0 Å². The Morgan fingerprint density at radius 1 is 1.32 bits per heavy atom. The predicted octanol–water partition coefficient (Wildman–Crippen LogP) is 2.97. The summed E-state index contributed by atoms with van der Waals surface area (Å²) in [7, 11) is 0. The van der Waals surface area contributed by atoms with Gasteiger partial charge < -0.3 is 9.47 Å². The summed E-state index contributed by atoms with van der Waals surface area (Å²) in [4.78, 5) is 28.5. The number of piperazine rings is 1. The summed E-state index contributed by atoms with van der Waals surface area (Å²) >= 11 is 0. The lowest BCUT2D eigenvalue weighted by molar-refractivity contribution is -0.135. The van der Waals surface area contributed by atoms with Crippen molar-refractivity contribution in [1.82, 2.24) is 14.4 Å². The molecule has 1 aliphatic rings. The van der Waals surface area contributed by atoms with Crippen LogP contribution in [0.25, 0.3) is 10.9 Å². The van der Waals surface area contributed by atoms with E-state index in [1.165, 1.54) is 0 Å². The van der Waals surface area contributed by atoms with Gasteiger partial charge in [0.25, 0.3) is 0 Å². The van der Waals surface area contributed by atoms with Gasteiger partial charge >= 0.3 is 0 Å². The molecule has 0 bridgehead atoms. The van der Waals surface area contributed by atoms with E-state index in [1.54, 1.807) is 16.7 Å². The van der Waals surface area contributed by atoms with Gasteiger partial charge in [-0.2, -0.15) is 5.26 Å². The molecule has 1 aromatic carbocycles. The summed E-state index contributed by atoms with van der Waals surface area (Å²) in [6.07, 6.45) is 0.819. The molecule has 3 rings (SSSR count). The molecule has 148 valence electrons. The summed E-state index contributed by atoms with van der Waals surface area (Å²) < 4.78 is 1.76. The molecule has 6 nitrogen and oxygen atoms in total. The number of fused-ring (bicyclic) bond motifs is 1. The van der Waals surface area contributed by atoms with Crippen molar-refractivity contribution in [3.63, 3.8) is 0 Å². The largest absolute Gasteiger partial charge is 0.338 e. The summed E-state index contributed by atoms with van der Waals surface area (Å²) in [5.74, 6) is 0.0199. The van der Waals surface area contributed by atoms with E-state index in [-0.39, 0.29) is 24.0 Å². The maximum atomic E-state index is 13.0. The number of benzene rings is 1. The minimum absolute atomic E-state index is 0.0199. The van der Waals surface area contributed by atoms with Gasteiger partial charge in [0.2, 0.25) is 5.91 Å². The van der Waals surface area contributed by atoms with Gasteiger partial charge in [0.05, 0.1) is 0 Å². The summed E-state index contributed by atoms with van der Waals surface area (Å²) in [6, 6.07) is 7.81. The minimum atomic E-state index is 0.0199. The van der Waals surface area contributed by atoms with Crippen LogP contribution in [0, 0.1) is 18.3 Å². The molecule has 0 spiro atoms. The number of carbonyl (C=O) groups is 2. The molecule has 0 radical (unpaired) electrons. The smallest absolute Gasteiger partial charge is 0.242 e. The van der Waals surface area contributed by atoms with Gasteiger partial charge in [0.15, 0.2) is 0 Å². The van der Waals surface area contributed by atoms with Crippen molar-refractivity contribution in [1.29, 1.82) is 5.26 Å². The molecule has 0 aliphatic carbocycles. The number of nitriles is 1. The predicted molar refractivity (Wildman–Crippen MR) is 109 cm³/mol.